The first kappa shape index (κ1) is 12.6. The van der Waals surface area contributed by atoms with Crippen LogP contribution in [0.4, 0.5) is 0 Å². The maximum Gasteiger partial charge on any atom is 0.419 e. The third-order valence-electron chi connectivity index (χ3n) is 2.50. The lowest BCUT2D eigenvalue weighted by Gasteiger charge is -1.96. The van der Waals surface area contributed by atoms with Crippen molar-refractivity contribution in [2.45, 2.75) is 33.6 Å². The van der Waals surface area contributed by atoms with Crippen LogP contribution in [0, 0.1) is 0 Å². The van der Waals surface area contributed by atoms with Gasteiger partial charge in [-0.25, -0.2) is 4.79 Å². The molecule has 3 nitrogen and oxygen atoms in total. The maximum atomic E-state index is 11.3. The number of hydrogen-bond donors (Lipinski definition) is 0. The number of hydrogen-bond acceptors (Lipinski definition) is 2. The average Bonchev–Trinajstić information content (AvgIpc) is 2.51. The highest BCUT2D eigenvalue weighted by Crippen LogP contribution is 2.18. The zero-order valence-electron chi connectivity index (χ0n) is 10.4. The number of allylic oxidation sites excluding steroid dienone is 3. The monoisotopic (exact) mass is 221 g/mol. The number of aromatic nitrogens is 1. The topological polar surface area (TPSA) is 35.1 Å². The van der Waals surface area contributed by atoms with Crippen LogP contribution in [0.1, 0.15) is 38.6 Å². The molecule has 0 aromatic carbocycles. The fourth-order valence-electron chi connectivity index (χ4n) is 1.60. The van der Waals surface area contributed by atoms with Crippen molar-refractivity contribution in [1.29, 1.82) is 0 Å². The third-order valence-corrected chi connectivity index (χ3v) is 2.50. The van der Waals surface area contributed by atoms with Gasteiger partial charge in [-0.05, 0) is 18.1 Å². The number of oxazole rings is 1. The van der Waals surface area contributed by atoms with Crippen molar-refractivity contribution in [2.24, 2.45) is 7.05 Å². The molecule has 3 heteroatoms. The predicted molar refractivity (Wildman–Crippen MR) is 66.4 cm³/mol. The quantitative estimate of drug-likeness (QED) is 0.731. The van der Waals surface area contributed by atoms with Gasteiger partial charge in [0, 0.05) is 13.5 Å². The first-order chi connectivity index (χ1) is 7.72. The Hall–Kier alpha value is -1.51. The molecule has 0 atom stereocenters. The molecule has 1 aliphatic rings. The molecule has 1 aromatic heterocycles. The number of rotatable bonds is 1. The van der Waals surface area contributed by atoms with Crippen LogP contribution < -0.4 is 5.76 Å². The van der Waals surface area contributed by atoms with Gasteiger partial charge in [0.1, 0.15) is 5.76 Å². The summed E-state index contributed by atoms with van der Waals surface area (Å²) >= 11 is 0. The summed E-state index contributed by atoms with van der Waals surface area (Å²) in [5.74, 6) is 0.481. The summed E-state index contributed by atoms with van der Waals surface area (Å²) < 4.78 is 6.67. The predicted octanol–water partition coefficient (Wildman–Crippen LogP) is 2.91. The Morgan fingerprint density at radius 1 is 1.44 bits per heavy atom. The van der Waals surface area contributed by atoms with Gasteiger partial charge < -0.3 is 4.42 Å². The van der Waals surface area contributed by atoms with Gasteiger partial charge in [-0.1, -0.05) is 32.9 Å². The van der Waals surface area contributed by atoms with Crippen molar-refractivity contribution >= 4 is 6.08 Å². The molecule has 0 N–H and O–H groups in total. The standard InChI is InChI=1S/C11H13NO2.C2H6/c1-3-8-5-4-6-10-9(7-8)12(2)11(13)14-10;1-2/h4-5,7H,3,6H2,1-2H3;1-2H3. The Morgan fingerprint density at radius 3 is 2.75 bits per heavy atom. The number of fused-ring (bicyclic) bond motifs is 1. The van der Waals surface area contributed by atoms with E-state index in [0.717, 1.165) is 17.9 Å². The SMILES string of the molecule is CC.CCC1=Cc2c(oc(=O)n2C)CC=C1. The average molecular weight is 221 g/mol. The second-order valence-electron chi connectivity index (χ2n) is 3.41. The normalized spacial score (nSPS) is 13.4. The molecule has 16 heavy (non-hydrogen) atoms. The van der Waals surface area contributed by atoms with Crippen molar-refractivity contribution < 1.29 is 4.42 Å². The smallest absolute Gasteiger partial charge is 0.412 e. The highest BCUT2D eigenvalue weighted by Gasteiger charge is 2.12. The van der Waals surface area contributed by atoms with Crippen LogP contribution in [-0.4, -0.2) is 4.57 Å². The molecule has 2 rings (SSSR count). The van der Waals surface area contributed by atoms with Gasteiger partial charge in [-0.15, -0.1) is 0 Å². The molecular weight excluding hydrogens is 202 g/mol. The van der Waals surface area contributed by atoms with Gasteiger partial charge in [0.25, 0.3) is 0 Å². The van der Waals surface area contributed by atoms with Gasteiger partial charge in [0.05, 0.1) is 5.69 Å². The highest BCUT2D eigenvalue weighted by molar-refractivity contribution is 5.56. The zero-order valence-corrected chi connectivity index (χ0v) is 10.4. The third kappa shape index (κ3) is 2.35. The molecule has 0 bridgehead atoms. The molecule has 88 valence electrons. The van der Waals surface area contributed by atoms with Crippen LogP contribution in [0.5, 0.6) is 0 Å². The van der Waals surface area contributed by atoms with Crippen molar-refractivity contribution in [2.75, 3.05) is 0 Å². The van der Waals surface area contributed by atoms with Crippen LogP contribution in [0.25, 0.3) is 6.08 Å². The summed E-state index contributed by atoms with van der Waals surface area (Å²) in [5.41, 5.74) is 2.12. The summed E-state index contributed by atoms with van der Waals surface area (Å²) in [6.45, 7) is 6.10. The van der Waals surface area contributed by atoms with E-state index in [1.54, 1.807) is 11.6 Å². The van der Waals surface area contributed by atoms with Gasteiger partial charge in [0.15, 0.2) is 0 Å². The molecule has 1 aromatic rings. The van der Waals surface area contributed by atoms with E-state index >= 15 is 0 Å². The lowest BCUT2D eigenvalue weighted by atomic mass is 10.2. The fourth-order valence-corrected chi connectivity index (χ4v) is 1.60. The van der Waals surface area contributed by atoms with Gasteiger partial charge in [-0.3, -0.25) is 4.57 Å². The van der Waals surface area contributed by atoms with Crippen molar-refractivity contribution in [1.82, 2.24) is 4.57 Å². The van der Waals surface area contributed by atoms with Crippen LogP contribution in [0.15, 0.2) is 26.9 Å². The summed E-state index contributed by atoms with van der Waals surface area (Å²) in [6.07, 6.45) is 7.80. The minimum atomic E-state index is -0.281. The summed E-state index contributed by atoms with van der Waals surface area (Å²) in [6, 6.07) is 0. The summed E-state index contributed by atoms with van der Waals surface area (Å²) in [5, 5.41) is 0. The van der Waals surface area contributed by atoms with Gasteiger partial charge in [0.2, 0.25) is 0 Å². The van der Waals surface area contributed by atoms with E-state index < -0.39 is 0 Å². The zero-order chi connectivity index (χ0) is 12.1. The Balaban J connectivity index is 0.000000606. The summed E-state index contributed by atoms with van der Waals surface area (Å²) in [4.78, 5) is 11.3. The molecular formula is C13H19NO2. The summed E-state index contributed by atoms with van der Waals surface area (Å²) in [7, 11) is 1.74. The van der Waals surface area contributed by atoms with E-state index in [9.17, 15) is 4.79 Å². The van der Waals surface area contributed by atoms with Gasteiger partial charge in [-0.2, -0.15) is 0 Å². The second-order valence-corrected chi connectivity index (χ2v) is 3.41. The van der Waals surface area contributed by atoms with E-state index in [0.29, 0.717) is 6.42 Å². The van der Waals surface area contributed by atoms with E-state index in [2.05, 4.69) is 13.0 Å². The van der Waals surface area contributed by atoms with Gasteiger partial charge >= 0.3 is 5.76 Å². The largest absolute Gasteiger partial charge is 0.419 e. The van der Waals surface area contributed by atoms with Crippen LogP contribution in [0.3, 0.4) is 0 Å². The Bertz CT molecular complexity index is 461. The molecule has 0 spiro atoms. The van der Waals surface area contributed by atoms with E-state index in [1.807, 2.05) is 26.0 Å². The Morgan fingerprint density at radius 2 is 2.12 bits per heavy atom. The number of nitrogens with zero attached hydrogens (tertiary/aromatic N) is 1. The lowest BCUT2D eigenvalue weighted by Crippen LogP contribution is -2.10. The molecule has 1 aliphatic carbocycles. The molecule has 0 radical (unpaired) electrons. The molecule has 0 amide bonds. The van der Waals surface area contributed by atoms with E-state index in [-0.39, 0.29) is 5.76 Å². The molecule has 1 heterocycles. The van der Waals surface area contributed by atoms with Crippen molar-refractivity contribution in [3.63, 3.8) is 0 Å². The Kier molecular flexibility index (Phi) is 4.35. The van der Waals surface area contributed by atoms with E-state index in [4.69, 9.17) is 4.42 Å². The van der Waals surface area contributed by atoms with E-state index in [1.165, 1.54) is 5.57 Å². The minimum absolute atomic E-state index is 0.281. The minimum Gasteiger partial charge on any atom is -0.412 e. The maximum absolute atomic E-state index is 11.3. The second kappa shape index (κ2) is 5.54. The Labute approximate surface area is 96.1 Å². The first-order valence-corrected chi connectivity index (χ1v) is 5.78. The molecule has 0 saturated carbocycles. The lowest BCUT2D eigenvalue weighted by molar-refractivity contribution is 0.464. The molecule has 0 fully saturated rings. The molecule has 0 aliphatic heterocycles. The molecule has 0 saturated heterocycles. The van der Waals surface area contributed by atoms with Crippen LogP contribution >= 0.6 is 0 Å². The van der Waals surface area contributed by atoms with Crippen molar-refractivity contribution in [3.8, 4) is 0 Å². The fraction of sp³-hybridized carbons (Fsp3) is 0.462. The van der Waals surface area contributed by atoms with Crippen molar-refractivity contribution in [3.05, 3.63) is 39.7 Å². The van der Waals surface area contributed by atoms with Crippen LogP contribution in [0.2, 0.25) is 0 Å². The van der Waals surface area contributed by atoms with Crippen LogP contribution in [-0.2, 0) is 13.5 Å². The highest BCUT2D eigenvalue weighted by atomic mass is 16.4. The molecule has 0 unspecified atom stereocenters. The first-order valence-electron chi connectivity index (χ1n) is 5.78.